The number of hydrogen-bond donors (Lipinski definition) is 1. The summed E-state index contributed by atoms with van der Waals surface area (Å²) in [4.78, 5) is -0.146. The molecule has 3 nitrogen and oxygen atoms in total. The topological polar surface area (TPSA) is 46.2 Å². The molecule has 0 unspecified atom stereocenters. The standard InChI is InChI=1S/C9H9ClFNO2S/c1-2-5-12-15(13,14)9-4-3-7(11)6-8(9)10/h2-4,6,12H,1,5H2. The largest absolute Gasteiger partial charge is 0.242 e. The van der Waals surface area contributed by atoms with E-state index in [1.165, 1.54) is 6.08 Å². The van der Waals surface area contributed by atoms with Gasteiger partial charge in [0.05, 0.1) is 5.02 Å². The van der Waals surface area contributed by atoms with Crippen LogP contribution in [0.25, 0.3) is 0 Å². The molecule has 0 atom stereocenters. The molecule has 0 aromatic heterocycles. The highest BCUT2D eigenvalue weighted by atomic mass is 35.5. The summed E-state index contributed by atoms with van der Waals surface area (Å²) in [5, 5.41) is -0.147. The molecule has 1 rings (SSSR count). The predicted octanol–water partition coefficient (Wildman–Crippen LogP) is 1.94. The number of nitrogens with one attached hydrogen (secondary N) is 1. The predicted molar refractivity (Wildman–Crippen MR) is 56.8 cm³/mol. The summed E-state index contributed by atoms with van der Waals surface area (Å²) in [6.45, 7) is 3.47. The van der Waals surface area contributed by atoms with Crippen molar-refractivity contribution in [1.82, 2.24) is 4.72 Å². The number of sulfonamides is 1. The van der Waals surface area contributed by atoms with Crippen molar-refractivity contribution >= 4 is 21.6 Å². The van der Waals surface area contributed by atoms with Crippen molar-refractivity contribution in [2.75, 3.05) is 6.54 Å². The lowest BCUT2D eigenvalue weighted by molar-refractivity contribution is 0.584. The summed E-state index contributed by atoms with van der Waals surface area (Å²) in [6, 6.07) is 3.10. The maximum absolute atomic E-state index is 12.7. The molecule has 0 amide bonds. The average Bonchev–Trinajstić information content (AvgIpc) is 2.14. The Balaban J connectivity index is 3.10. The average molecular weight is 250 g/mol. The van der Waals surface area contributed by atoms with E-state index < -0.39 is 15.8 Å². The van der Waals surface area contributed by atoms with E-state index in [1.807, 2.05) is 0 Å². The van der Waals surface area contributed by atoms with Crippen LogP contribution < -0.4 is 4.72 Å². The van der Waals surface area contributed by atoms with Crippen molar-refractivity contribution in [3.63, 3.8) is 0 Å². The van der Waals surface area contributed by atoms with Gasteiger partial charge in [0, 0.05) is 6.54 Å². The van der Waals surface area contributed by atoms with E-state index in [2.05, 4.69) is 11.3 Å². The zero-order valence-corrected chi connectivity index (χ0v) is 9.28. The van der Waals surface area contributed by atoms with Gasteiger partial charge in [-0.3, -0.25) is 0 Å². The second kappa shape index (κ2) is 4.74. The maximum Gasteiger partial charge on any atom is 0.242 e. The van der Waals surface area contributed by atoms with Gasteiger partial charge < -0.3 is 0 Å². The fourth-order valence-corrected chi connectivity index (χ4v) is 2.47. The zero-order valence-electron chi connectivity index (χ0n) is 7.70. The van der Waals surface area contributed by atoms with Gasteiger partial charge in [-0.15, -0.1) is 6.58 Å². The minimum Gasteiger partial charge on any atom is -0.207 e. The van der Waals surface area contributed by atoms with Gasteiger partial charge in [-0.1, -0.05) is 17.7 Å². The minimum atomic E-state index is -3.69. The van der Waals surface area contributed by atoms with Crippen LogP contribution in [0.15, 0.2) is 35.7 Å². The molecule has 6 heteroatoms. The van der Waals surface area contributed by atoms with Crippen LogP contribution in [0.3, 0.4) is 0 Å². The molecule has 0 radical (unpaired) electrons. The van der Waals surface area contributed by atoms with E-state index in [4.69, 9.17) is 11.6 Å². The van der Waals surface area contributed by atoms with Gasteiger partial charge >= 0.3 is 0 Å². The normalized spacial score (nSPS) is 11.3. The summed E-state index contributed by atoms with van der Waals surface area (Å²) in [5.41, 5.74) is 0. The van der Waals surface area contributed by atoms with Crippen LogP contribution in [-0.2, 0) is 10.0 Å². The van der Waals surface area contributed by atoms with Crippen LogP contribution in [0.5, 0.6) is 0 Å². The number of benzene rings is 1. The molecule has 0 aliphatic carbocycles. The Hall–Kier alpha value is -0.910. The molecule has 1 aromatic carbocycles. The third-order valence-electron chi connectivity index (χ3n) is 1.60. The van der Waals surface area contributed by atoms with E-state index in [-0.39, 0.29) is 16.5 Å². The smallest absolute Gasteiger partial charge is 0.207 e. The van der Waals surface area contributed by atoms with E-state index in [0.717, 1.165) is 18.2 Å². The summed E-state index contributed by atoms with van der Waals surface area (Å²) in [6.07, 6.45) is 1.40. The molecule has 0 bridgehead atoms. The number of hydrogen-bond acceptors (Lipinski definition) is 2. The highest BCUT2D eigenvalue weighted by Gasteiger charge is 2.16. The summed E-state index contributed by atoms with van der Waals surface area (Å²) in [7, 11) is -3.69. The molecule has 0 spiro atoms. The molecule has 0 fully saturated rings. The van der Waals surface area contributed by atoms with Crippen LogP contribution >= 0.6 is 11.6 Å². The van der Waals surface area contributed by atoms with Crippen LogP contribution in [-0.4, -0.2) is 15.0 Å². The molecule has 15 heavy (non-hydrogen) atoms. The summed E-state index contributed by atoms with van der Waals surface area (Å²) in [5.74, 6) is -0.581. The van der Waals surface area contributed by atoms with Crippen molar-refractivity contribution in [3.05, 3.63) is 41.7 Å². The van der Waals surface area contributed by atoms with Crippen LogP contribution in [0.2, 0.25) is 5.02 Å². The first-order valence-corrected chi connectivity index (χ1v) is 5.89. The molecule has 1 N–H and O–H groups in total. The Labute approximate surface area is 92.6 Å². The second-order valence-electron chi connectivity index (χ2n) is 2.72. The molecule has 82 valence electrons. The lowest BCUT2D eigenvalue weighted by Gasteiger charge is -2.06. The highest BCUT2D eigenvalue weighted by Crippen LogP contribution is 2.21. The SMILES string of the molecule is C=CCNS(=O)(=O)c1ccc(F)cc1Cl. The Morgan fingerprint density at radius 2 is 2.20 bits per heavy atom. The van der Waals surface area contributed by atoms with Crippen molar-refractivity contribution in [2.24, 2.45) is 0 Å². The van der Waals surface area contributed by atoms with Crippen molar-refractivity contribution in [1.29, 1.82) is 0 Å². The lowest BCUT2D eigenvalue weighted by Crippen LogP contribution is -2.23. The van der Waals surface area contributed by atoms with Gasteiger partial charge in [-0.05, 0) is 18.2 Å². The van der Waals surface area contributed by atoms with Gasteiger partial charge in [0.25, 0.3) is 0 Å². The molecule has 1 aromatic rings. The molecule has 0 saturated heterocycles. The first-order chi connectivity index (χ1) is 6.97. The molecule has 0 aliphatic heterocycles. The lowest BCUT2D eigenvalue weighted by atomic mass is 10.3. The maximum atomic E-state index is 12.7. The third-order valence-corrected chi connectivity index (χ3v) is 3.51. The van der Waals surface area contributed by atoms with Crippen LogP contribution in [0.4, 0.5) is 4.39 Å². The first-order valence-electron chi connectivity index (χ1n) is 4.03. The fraction of sp³-hybridized carbons (Fsp3) is 0.111. The Bertz CT molecular complexity index is 473. The third kappa shape index (κ3) is 3.02. The molecule has 0 saturated carbocycles. The quantitative estimate of drug-likeness (QED) is 0.829. The molecular weight excluding hydrogens is 241 g/mol. The summed E-state index contributed by atoms with van der Waals surface area (Å²) < 4.78 is 38.0. The van der Waals surface area contributed by atoms with Crippen molar-refractivity contribution in [3.8, 4) is 0 Å². The van der Waals surface area contributed by atoms with E-state index in [9.17, 15) is 12.8 Å². The molecule has 0 aliphatic rings. The van der Waals surface area contributed by atoms with Gasteiger partial charge in [0.1, 0.15) is 10.7 Å². The van der Waals surface area contributed by atoms with Gasteiger partial charge in [0.15, 0.2) is 0 Å². The van der Waals surface area contributed by atoms with Gasteiger partial charge in [-0.25, -0.2) is 17.5 Å². The Kier molecular flexibility index (Phi) is 3.84. The second-order valence-corrected chi connectivity index (χ2v) is 4.86. The highest BCUT2D eigenvalue weighted by molar-refractivity contribution is 7.89. The molecule has 0 heterocycles. The fourth-order valence-electron chi connectivity index (χ4n) is 0.940. The van der Waals surface area contributed by atoms with Gasteiger partial charge in [-0.2, -0.15) is 0 Å². The minimum absolute atomic E-state index is 0.0933. The van der Waals surface area contributed by atoms with Crippen molar-refractivity contribution in [2.45, 2.75) is 4.90 Å². The van der Waals surface area contributed by atoms with Gasteiger partial charge in [0.2, 0.25) is 10.0 Å². The van der Waals surface area contributed by atoms with E-state index in [0.29, 0.717) is 0 Å². The Morgan fingerprint density at radius 3 is 2.73 bits per heavy atom. The summed E-state index contributed by atoms with van der Waals surface area (Å²) >= 11 is 5.61. The zero-order chi connectivity index (χ0) is 11.5. The monoisotopic (exact) mass is 249 g/mol. The van der Waals surface area contributed by atoms with Crippen molar-refractivity contribution < 1.29 is 12.8 Å². The number of rotatable bonds is 4. The first kappa shape index (κ1) is 12.2. The number of halogens is 2. The molecular formula is C9H9ClFNO2S. The van der Waals surface area contributed by atoms with E-state index in [1.54, 1.807) is 0 Å². The van der Waals surface area contributed by atoms with E-state index >= 15 is 0 Å². The Morgan fingerprint density at radius 1 is 1.53 bits per heavy atom. The van der Waals surface area contributed by atoms with Crippen LogP contribution in [0.1, 0.15) is 0 Å². The van der Waals surface area contributed by atoms with Crippen LogP contribution in [0, 0.1) is 5.82 Å².